The fraction of sp³-hybridized carbons (Fsp3) is 0.429. The number of halogens is 1. The molecule has 1 aromatic carbocycles. The lowest BCUT2D eigenvalue weighted by atomic mass is 10.2. The van der Waals surface area contributed by atoms with Gasteiger partial charge in [0.2, 0.25) is 17.8 Å². The lowest BCUT2D eigenvalue weighted by molar-refractivity contribution is -0.131. The van der Waals surface area contributed by atoms with Crippen LogP contribution in [0.3, 0.4) is 0 Å². The Bertz CT molecular complexity index is 1130. The lowest BCUT2D eigenvalue weighted by Crippen LogP contribution is -2.49. The topological polar surface area (TPSA) is 104 Å². The van der Waals surface area contributed by atoms with Gasteiger partial charge < -0.3 is 14.7 Å². The number of hydrogen-bond acceptors (Lipinski definition) is 7. The van der Waals surface area contributed by atoms with E-state index in [1.54, 1.807) is 23.4 Å². The number of carbonyl (C=O) groups excluding carboxylic acids is 2. The van der Waals surface area contributed by atoms with Gasteiger partial charge in [0.15, 0.2) is 9.84 Å². The summed E-state index contributed by atoms with van der Waals surface area (Å²) in [5.74, 6) is -0.0699. The van der Waals surface area contributed by atoms with E-state index in [0.29, 0.717) is 55.3 Å². The summed E-state index contributed by atoms with van der Waals surface area (Å²) < 4.78 is 27.0. The molecule has 1 fully saturated rings. The number of rotatable bonds is 5. The number of anilines is 2. The van der Waals surface area contributed by atoms with Gasteiger partial charge in [-0.3, -0.25) is 9.59 Å². The minimum absolute atomic E-state index is 0.105. The van der Waals surface area contributed by atoms with E-state index >= 15 is 0 Å². The first-order valence-corrected chi connectivity index (χ1v) is 12.8. The third-order valence-electron chi connectivity index (χ3n) is 5.76. The smallest absolute Gasteiger partial charge is 0.225 e. The van der Waals surface area contributed by atoms with Crippen LogP contribution >= 0.6 is 15.9 Å². The summed E-state index contributed by atoms with van der Waals surface area (Å²) in [6, 6.07) is 5.12. The Balaban J connectivity index is 1.42. The average Bonchev–Trinajstić information content (AvgIpc) is 3.21. The molecule has 0 saturated carbocycles. The second-order valence-electron chi connectivity index (χ2n) is 7.82. The van der Waals surface area contributed by atoms with E-state index < -0.39 is 9.84 Å². The number of carbonyl (C=O) groups is 2. The highest BCUT2D eigenvalue weighted by atomic mass is 79.9. The third-order valence-corrected chi connectivity index (χ3v) is 7.94. The van der Waals surface area contributed by atoms with Gasteiger partial charge in [-0.25, -0.2) is 18.4 Å². The van der Waals surface area contributed by atoms with E-state index in [9.17, 15) is 18.0 Å². The van der Waals surface area contributed by atoms with Crippen LogP contribution in [0.1, 0.15) is 18.9 Å². The molecular formula is C21H24BrN5O4S. The summed E-state index contributed by atoms with van der Waals surface area (Å²) in [5.41, 5.74) is 1.27. The van der Waals surface area contributed by atoms with Gasteiger partial charge in [0.1, 0.15) is 0 Å². The predicted octanol–water partition coefficient (Wildman–Crippen LogP) is 1.66. The number of hydrogen-bond donors (Lipinski definition) is 0. The molecule has 0 radical (unpaired) electrons. The molecule has 11 heteroatoms. The minimum atomic E-state index is -3.76. The molecule has 0 bridgehead atoms. The molecule has 2 aromatic rings. The van der Waals surface area contributed by atoms with E-state index in [1.165, 1.54) is 17.9 Å². The predicted molar refractivity (Wildman–Crippen MR) is 123 cm³/mol. The second kappa shape index (κ2) is 9.14. The van der Waals surface area contributed by atoms with Crippen molar-refractivity contribution in [2.75, 3.05) is 48.3 Å². The molecule has 0 N–H and O–H groups in total. The first-order chi connectivity index (χ1) is 15.3. The van der Waals surface area contributed by atoms with E-state index in [1.807, 2.05) is 11.0 Å². The van der Waals surface area contributed by atoms with Crippen molar-refractivity contribution in [3.8, 4) is 0 Å². The monoisotopic (exact) mass is 521 g/mol. The molecule has 1 aromatic heterocycles. The van der Waals surface area contributed by atoms with Crippen LogP contribution in [-0.4, -0.2) is 73.6 Å². The molecule has 0 atom stereocenters. The number of fused-ring (bicyclic) bond motifs is 1. The van der Waals surface area contributed by atoms with Crippen molar-refractivity contribution in [1.82, 2.24) is 14.9 Å². The number of amides is 2. The molecule has 3 heterocycles. The molecule has 4 rings (SSSR count). The molecular weight excluding hydrogens is 498 g/mol. The quantitative estimate of drug-likeness (QED) is 0.589. The highest BCUT2D eigenvalue weighted by Gasteiger charge is 2.32. The molecule has 2 amide bonds. The molecule has 32 heavy (non-hydrogen) atoms. The lowest BCUT2D eigenvalue weighted by Gasteiger charge is -2.34. The Morgan fingerprint density at radius 1 is 1.06 bits per heavy atom. The first-order valence-electron chi connectivity index (χ1n) is 10.4. The number of piperazine rings is 1. The largest absolute Gasteiger partial charge is 0.339 e. The van der Waals surface area contributed by atoms with E-state index in [4.69, 9.17) is 0 Å². The van der Waals surface area contributed by atoms with Crippen LogP contribution in [0.4, 0.5) is 11.6 Å². The molecule has 1 saturated heterocycles. The number of sulfone groups is 1. The van der Waals surface area contributed by atoms with Crippen LogP contribution in [0.2, 0.25) is 0 Å². The molecule has 2 aliphatic heterocycles. The second-order valence-corrected chi connectivity index (χ2v) is 10.8. The zero-order chi connectivity index (χ0) is 22.9. The normalized spacial score (nSPS) is 16.2. The van der Waals surface area contributed by atoms with Crippen molar-refractivity contribution in [2.24, 2.45) is 0 Å². The van der Waals surface area contributed by atoms with Crippen molar-refractivity contribution in [1.29, 1.82) is 0 Å². The fourth-order valence-corrected chi connectivity index (χ4v) is 6.28. The Morgan fingerprint density at radius 2 is 1.75 bits per heavy atom. The van der Waals surface area contributed by atoms with Crippen molar-refractivity contribution >= 4 is 49.2 Å². The van der Waals surface area contributed by atoms with Gasteiger partial charge in [-0.15, -0.1) is 0 Å². The van der Waals surface area contributed by atoms with Gasteiger partial charge in [-0.05, 0) is 30.2 Å². The van der Waals surface area contributed by atoms with Crippen LogP contribution in [0, 0.1) is 0 Å². The average molecular weight is 522 g/mol. The number of benzene rings is 1. The molecule has 0 spiro atoms. The van der Waals surface area contributed by atoms with Gasteiger partial charge in [0.25, 0.3) is 0 Å². The van der Waals surface area contributed by atoms with Crippen LogP contribution in [0.25, 0.3) is 0 Å². The molecule has 170 valence electrons. The first kappa shape index (κ1) is 22.7. The zero-order valence-corrected chi connectivity index (χ0v) is 20.1. The van der Waals surface area contributed by atoms with Crippen LogP contribution < -0.4 is 9.80 Å². The third kappa shape index (κ3) is 4.63. The van der Waals surface area contributed by atoms with Gasteiger partial charge in [-0.2, -0.15) is 0 Å². The maximum atomic E-state index is 13.2. The maximum Gasteiger partial charge on any atom is 0.225 e. The Kier molecular flexibility index (Phi) is 6.47. The molecule has 0 unspecified atom stereocenters. The Labute approximate surface area is 195 Å². The highest BCUT2D eigenvalue weighted by molar-refractivity contribution is 9.10. The highest BCUT2D eigenvalue weighted by Crippen LogP contribution is 2.38. The van der Waals surface area contributed by atoms with Gasteiger partial charge in [-0.1, -0.05) is 15.9 Å². The standard InChI is InChI=1S/C21H24BrN5O4S/c1-15(28)27-7-3-16-13-17(22)14-18(20(16)27)32(30,31)12-4-19(29)25-8-10-26(11-9-25)21-23-5-2-6-24-21/h2,5-6,13-14H,3-4,7-12H2,1H3. The molecule has 0 aliphatic carbocycles. The van der Waals surface area contributed by atoms with Gasteiger partial charge >= 0.3 is 0 Å². The fourth-order valence-electron chi connectivity index (χ4n) is 4.12. The van der Waals surface area contributed by atoms with Crippen molar-refractivity contribution < 1.29 is 18.0 Å². The van der Waals surface area contributed by atoms with Gasteiger partial charge in [0.05, 0.1) is 16.3 Å². The molecule has 9 nitrogen and oxygen atoms in total. The Morgan fingerprint density at radius 3 is 2.41 bits per heavy atom. The number of aromatic nitrogens is 2. The SMILES string of the molecule is CC(=O)N1CCc2cc(Br)cc(S(=O)(=O)CCC(=O)N3CCN(c4ncccn4)CC3)c21. The van der Waals surface area contributed by atoms with Crippen molar-refractivity contribution in [2.45, 2.75) is 24.7 Å². The van der Waals surface area contributed by atoms with Crippen LogP contribution in [0.5, 0.6) is 0 Å². The van der Waals surface area contributed by atoms with E-state index in [2.05, 4.69) is 25.9 Å². The minimum Gasteiger partial charge on any atom is -0.339 e. The summed E-state index contributed by atoms with van der Waals surface area (Å²) in [7, 11) is -3.76. The summed E-state index contributed by atoms with van der Waals surface area (Å²) in [6.07, 6.45) is 3.85. The summed E-state index contributed by atoms with van der Waals surface area (Å²) in [4.78, 5) is 38.5. The van der Waals surface area contributed by atoms with E-state index in [-0.39, 0.29) is 28.9 Å². The summed E-state index contributed by atoms with van der Waals surface area (Å²) >= 11 is 3.37. The summed E-state index contributed by atoms with van der Waals surface area (Å²) in [6.45, 7) is 4.04. The van der Waals surface area contributed by atoms with Crippen molar-refractivity contribution in [3.05, 3.63) is 40.6 Å². The van der Waals surface area contributed by atoms with Crippen molar-refractivity contribution in [3.63, 3.8) is 0 Å². The zero-order valence-electron chi connectivity index (χ0n) is 17.7. The van der Waals surface area contributed by atoms with E-state index in [0.717, 1.165) is 5.56 Å². The number of nitrogens with zero attached hydrogens (tertiary/aromatic N) is 5. The van der Waals surface area contributed by atoms with Crippen LogP contribution in [0.15, 0.2) is 40.0 Å². The maximum absolute atomic E-state index is 13.2. The molecule has 2 aliphatic rings. The van der Waals surface area contributed by atoms with Gasteiger partial charge in [0, 0.05) is 62.9 Å². The van der Waals surface area contributed by atoms with Crippen LogP contribution in [-0.2, 0) is 25.8 Å². The summed E-state index contributed by atoms with van der Waals surface area (Å²) in [5, 5.41) is 0. The Hall–Kier alpha value is -2.53.